The molecule has 0 aliphatic heterocycles. The number of para-hydroxylation sites is 2. The number of nitrogens with zero attached hydrogens (tertiary/aromatic N) is 3. The first-order chi connectivity index (χ1) is 13.6. The Kier molecular flexibility index (Phi) is 6.11. The number of ether oxygens (including phenoxy) is 3. The lowest BCUT2D eigenvalue weighted by atomic mass is 10.2. The van der Waals surface area contributed by atoms with Gasteiger partial charge in [0, 0.05) is 12.6 Å². The van der Waals surface area contributed by atoms with E-state index < -0.39 is 0 Å². The second-order valence-corrected chi connectivity index (χ2v) is 5.93. The molecule has 0 aliphatic rings. The molecule has 0 spiro atoms. The van der Waals surface area contributed by atoms with Gasteiger partial charge in [0.2, 0.25) is 11.7 Å². The van der Waals surface area contributed by atoms with E-state index in [4.69, 9.17) is 18.7 Å². The van der Waals surface area contributed by atoms with Gasteiger partial charge in [-0.1, -0.05) is 29.4 Å². The van der Waals surface area contributed by atoms with Gasteiger partial charge in [0.25, 0.3) is 5.91 Å². The zero-order valence-corrected chi connectivity index (χ0v) is 15.9. The number of methoxy groups -OCH3 is 2. The summed E-state index contributed by atoms with van der Waals surface area (Å²) >= 11 is 0. The fourth-order valence-corrected chi connectivity index (χ4v) is 2.48. The van der Waals surface area contributed by atoms with E-state index in [2.05, 4.69) is 10.1 Å². The number of aromatic nitrogens is 2. The molecule has 28 heavy (non-hydrogen) atoms. The number of carbonyl (C=O) groups is 1. The summed E-state index contributed by atoms with van der Waals surface area (Å²) in [5.74, 6) is 2.30. The number of benzene rings is 2. The summed E-state index contributed by atoms with van der Waals surface area (Å²) < 4.78 is 21.2. The fraction of sp³-hybridized carbons (Fsp3) is 0.250. The lowest BCUT2D eigenvalue weighted by Crippen LogP contribution is -2.31. The highest BCUT2D eigenvalue weighted by atomic mass is 16.5. The summed E-state index contributed by atoms with van der Waals surface area (Å²) in [5, 5.41) is 3.96. The zero-order chi connectivity index (χ0) is 19.9. The Morgan fingerprint density at radius 1 is 1.07 bits per heavy atom. The van der Waals surface area contributed by atoms with Crippen LogP contribution in [0.1, 0.15) is 5.89 Å². The van der Waals surface area contributed by atoms with Crippen LogP contribution in [0.2, 0.25) is 0 Å². The van der Waals surface area contributed by atoms with Crippen molar-refractivity contribution in [3.05, 3.63) is 54.4 Å². The quantitative estimate of drug-likeness (QED) is 0.591. The molecule has 0 unspecified atom stereocenters. The predicted octanol–water partition coefficient (Wildman–Crippen LogP) is 2.79. The van der Waals surface area contributed by atoms with E-state index in [9.17, 15) is 4.79 Å². The minimum atomic E-state index is -0.230. The molecule has 0 saturated heterocycles. The third-order valence-electron chi connectivity index (χ3n) is 4.01. The summed E-state index contributed by atoms with van der Waals surface area (Å²) in [6.45, 7) is 0.0405. The zero-order valence-electron chi connectivity index (χ0n) is 15.9. The van der Waals surface area contributed by atoms with Crippen molar-refractivity contribution in [1.82, 2.24) is 15.0 Å². The highest BCUT2D eigenvalue weighted by molar-refractivity contribution is 5.77. The molecule has 0 fully saturated rings. The van der Waals surface area contributed by atoms with Crippen LogP contribution in [0.4, 0.5) is 0 Å². The molecule has 0 saturated carbocycles. The number of hydrogen-bond donors (Lipinski definition) is 0. The van der Waals surface area contributed by atoms with Gasteiger partial charge < -0.3 is 23.6 Å². The topological polar surface area (TPSA) is 86.9 Å². The molecule has 1 heterocycles. The number of likely N-dealkylation sites (N-methyl/N-ethyl adjacent to an activating group) is 1. The van der Waals surface area contributed by atoms with Crippen molar-refractivity contribution in [3.8, 4) is 28.6 Å². The molecule has 0 bridgehead atoms. The Morgan fingerprint density at radius 2 is 1.86 bits per heavy atom. The van der Waals surface area contributed by atoms with Crippen molar-refractivity contribution < 1.29 is 23.5 Å². The van der Waals surface area contributed by atoms with Crippen LogP contribution >= 0.6 is 0 Å². The fourth-order valence-electron chi connectivity index (χ4n) is 2.48. The van der Waals surface area contributed by atoms with Crippen molar-refractivity contribution in [2.75, 3.05) is 27.9 Å². The van der Waals surface area contributed by atoms with E-state index in [-0.39, 0.29) is 19.1 Å². The van der Waals surface area contributed by atoms with Crippen molar-refractivity contribution >= 4 is 5.91 Å². The molecule has 1 amide bonds. The Labute approximate surface area is 162 Å². The summed E-state index contributed by atoms with van der Waals surface area (Å²) in [7, 11) is 4.78. The molecule has 8 nitrogen and oxygen atoms in total. The Hall–Kier alpha value is -3.55. The third-order valence-corrected chi connectivity index (χ3v) is 4.01. The van der Waals surface area contributed by atoms with Gasteiger partial charge >= 0.3 is 0 Å². The molecule has 0 N–H and O–H groups in total. The van der Waals surface area contributed by atoms with Gasteiger partial charge in [-0.2, -0.15) is 4.98 Å². The van der Waals surface area contributed by atoms with Gasteiger partial charge in [-0.05, 0) is 24.3 Å². The van der Waals surface area contributed by atoms with E-state index in [0.29, 0.717) is 29.0 Å². The van der Waals surface area contributed by atoms with Gasteiger partial charge in [0.15, 0.2) is 18.1 Å². The lowest BCUT2D eigenvalue weighted by molar-refractivity contribution is -0.132. The van der Waals surface area contributed by atoms with Crippen molar-refractivity contribution in [1.29, 1.82) is 0 Å². The van der Waals surface area contributed by atoms with Crippen LogP contribution in [-0.4, -0.2) is 48.8 Å². The molecule has 2 aromatic carbocycles. The average molecular weight is 383 g/mol. The van der Waals surface area contributed by atoms with E-state index >= 15 is 0 Å². The molecule has 146 valence electrons. The molecule has 3 rings (SSSR count). The lowest BCUT2D eigenvalue weighted by Gasteiger charge is -2.16. The first-order valence-electron chi connectivity index (χ1n) is 8.57. The largest absolute Gasteiger partial charge is 0.497 e. The Bertz CT molecular complexity index is 941. The van der Waals surface area contributed by atoms with Gasteiger partial charge in [-0.15, -0.1) is 0 Å². The molecule has 0 atom stereocenters. The van der Waals surface area contributed by atoms with Crippen LogP contribution in [0, 0.1) is 0 Å². The van der Waals surface area contributed by atoms with Crippen LogP contribution in [0.25, 0.3) is 11.4 Å². The van der Waals surface area contributed by atoms with E-state index in [1.807, 2.05) is 36.4 Å². The highest BCUT2D eigenvalue weighted by Crippen LogP contribution is 2.25. The SMILES string of the molecule is COc1cccc(-c2noc(CN(C)C(=O)COc3ccccc3OC)n2)c1. The van der Waals surface area contributed by atoms with Gasteiger partial charge in [0.1, 0.15) is 5.75 Å². The molecule has 0 radical (unpaired) electrons. The highest BCUT2D eigenvalue weighted by Gasteiger charge is 2.16. The Balaban J connectivity index is 1.59. The van der Waals surface area contributed by atoms with Crippen molar-refractivity contribution in [2.24, 2.45) is 0 Å². The monoisotopic (exact) mass is 383 g/mol. The van der Waals surface area contributed by atoms with E-state index in [0.717, 1.165) is 5.56 Å². The van der Waals surface area contributed by atoms with Crippen LogP contribution in [-0.2, 0) is 11.3 Å². The number of carbonyl (C=O) groups excluding carboxylic acids is 1. The van der Waals surface area contributed by atoms with E-state index in [1.54, 1.807) is 33.4 Å². The summed E-state index contributed by atoms with van der Waals surface area (Å²) in [6.07, 6.45) is 0. The molecular formula is C20H21N3O5. The summed E-state index contributed by atoms with van der Waals surface area (Å²) in [4.78, 5) is 18.1. The first kappa shape index (κ1) is 19.2. The maximum absolute atomic E-state index is 12.3. The molecule has 3 aromatic rings. The van der Waals surface area contributed by atoms with Gasteiger partial charge in [-0.25, -0.2) is 0 Å². The van der Waals surface area contributed by atoms with E-state index in [1.165, 1.54) is 4.90 Å². The summed E-state index contributed by atoms with van der Waals surface area (Å²) in [5.41, 5.74) is 0.767. The van der Waals surface area contributed by atoms with Crippen LogP contribution < -0.4 is 14.2 Å². The normalized spacial score (nSPS) is 10.4. The van der Waals surface area contributed by atoms with Gasteiger partial charge in [0.05, 0.1) is 20.8 Å². The van der Waals surface area contributed by atoms with Gasteiger partial charge in [-0.3, -0.25) is 4.79 Å². The maximum Gasteiger partial charge on any atom is 0.260 e. The molecule has 0 aliphatic carbocycles. The standard InChI is InChI=1S/C20H21N3O5/c1-23(19(24)13-27-17-10-5-4-9-16(17)26-3)12-18-21-20(22-28-18)14-7-6-8-15(11-14)25-2/h4-11H,12-13H2,1-3H3. The Morgan fingerprint density at radius 3 is 2.61 bits per heavy atom. The minimum absolute atomic E-state index is 0.131. The first-order valence-corrected chi connectivity index (χ1v) is 8.57. The number of rotatable bonds is 8. The second-order valence-electron chi connectivity index (χ2n) is 5.93. The van der Waals surface area contributed by atoms with Crippen LogP contribution in [0.15, 0.2) is 53.1 Å². The second kappa shape index (κ2) is 8.90. The average Bonchev–Trinajstić information content (AvgIpc) is 3.20. The molecule has 8 heteroatoms. The molecular weight excluding hydrogens is 362 g/mol. The van der Waals surface area contributed by atoms with Crippen LogP contribution in [0.3, 0.4) is 0 Å². The predicted molar refractivity (Wildman–Crippen MR) is 101 cm³/mol. The third kappa shape index (κ3) is 4.59. The summed E-state index contributed by atoms with van der Waals surface area (Å²) in [6, 6.07) is 14.5. The maximum atomic E-state index is 12.3. The smallest absolute Gasteiger partial charge is 0.260 e. The minimum Gasteiger partial charge on any atom is -0.497 e. The molecule has 1 aromatic heterocycles. The van der Waals surface area contributed by atoms with Crippen LogP contribution in [0.5, 0.6) is 17.2 Å². The number of amides is 1. The number of hydrogen-bond acceptors (Lipinski definition) is 7. The van der Waals surface area contributed by atoms with Crippen molar-refractivity contribution in [2.45, 2.75) is 6.54 Å². The van der Waals surface area contributed by atoms with Crippen molar-refractivity contribution in [3.63, 3.8) is 0 Å².